The van der Waals surface area contributed by atoms with Crippen LogP contribution >= 0.6 is 11.8 Å². The summed E-state index contributed by atoms with van der Waals surface area (Å²) in [6, 6.07) is 16.1. The molecule has 0 aliphatic carbocycles. The molecule has 1 unspecified atom stereocenters. The zero-order valence-electron chi connectivity index (χ0n) is 14.9. The first-order valence-electron chi connectivity index (χ1n) is 8.60. The van der Waals surface area contributed by atoms with Gasteiger partial charge in [-0.25, -0.2) is 0 Å². The lowest BCUT2D eigenvalue weighted by molar-refractivity contribution is -0.128. The van der Waals surface area contributed by atoms with Gasteiger partial charge in [0.25, 0.3) is 0 Å². The van der Waals surface area contributed by atoms with Crippen LogP contribution in [0.1, 0.15) is 37.0 Å². The molecule has 4 nitrogen and oxygen atoms in total. The van der Waals surface area contributed by atoms with E-state index in [1.165, 1.54) is 0 Å². The molecule has 0 aromatic heterocycles. The largest absolute Gasteiger partial charge is 0.457 e. The summed E-state index contributed by atoms with van der Waals surface area (Å²) < 4.78 is 5.70. The third-order valence-corrected chi connectivity index (χ3v) is 4.71. The van der Waals surface area contributed by atoms with Crippen molar-refractivity contribution in [2.24, 2.45) is 5.92 Å². The van der Waals surface area contributed by atoms with E-state index in [9.17, 15) is 14.4 Å². The highest BCUT2D eigenvalue weighted by Crippen LogP contribution is 2.23. The van der Waals surface area contributed by atoms with Gasteiger partial charge in [-0.05, 0) is 42.2 Å². The van der Waals surface area contributed by atoms with Crippen molar-refractivity contribution in [2.75, 3.05) is 5.75 Å². The standard InChI is InChI=1S/C21H22O4S/c1-3-19(22)18(21(24)26-4-2)14-20(23)15-10-12-17(13-11-15)25-16-8-6-5-7-9-16/h5-13,18H,3-4,14H2,1-2H3. The van der Waals surface area contributed by atoms with Crippen molar-refractivity contribution < 1.29 is 19.1 Å². The van der Waals surface area contributed by atoms with Crippen molar-refractivity contribution in [3.63, 3.8) is 0 Å². The Hall–Kier alpha value is -2.40. The summed E-state index contributed by atoms with van der Waals surface area (Å²) >= 11 is 1.09. The number of para-hydroxylation sites is 1. The maximum atomic E-state index is 12.5. The van der Waals surface area contributed by atoms with E-state index >= 15 is 0 Å². The van der Waals surface area contributed by atoms with E-state index in [2.05, 4.69) is 0 Å². The number of ketones is 2. The first kappa shape index (κ1) is 19.9. The van der Waals surface area contributed by atoms with Gasteiger partial charge in [-0.2, -0.15) is 0 Å². The quantitative estimate of drug-likeness (QED) is 0.463. The molecule has 0 spiro atoms. The summed E-state index contributed by atoms with van der Waals surface area (Å²) in [5.74, 6) is 0.652. The Kier molecular flexibility index (Phi) is 7.60. The summed E-state index contributed by atoms with van der Waals surface area (Å²) in [7, 11) is 0. The smallest absolute Gasteiger partial charge is 0.199 e. The van der Waals surface area contributed by atoms with Gasteiger partial charge in [0.05, 0.1) is 5.92 Å². The minimum Gasteiger partial charge on any atom is -0.457 e. The number of benzene rings is 2. The molecule has 0 bridgehead atoms. The van der Waals surface area contributed by atoms with Crippen molar-refractivity contribution in [3.05, 3.63) is 60.2 Å². The van der Waals surface area contributed by atoms with E-state index in [1.807, 2.05) is 37.3 Å². The number of carbonyl (C=O) groups is 3. The Balaban J connectivity index is 2.06. The van der Waals surface area contributed by atoms with Crippen molar-refractivity contribution >= 4 is 28.4 Å². The van der Waals surface area contributed by atoms with Gasteiger partial charge in [0.15, 0.2) is 10.9 Å². The third-order valence-electron chi connectivity index (χ3n) is 3.85. The van der Waals surface area contributed by atoms with E-state index in [4.69, 9.17) is 4.74 Å². The monoisotopic (exact) mass is 370 g/mol. The molecule has 1 atom stereocenters. The second-order valence-electron chi connectivity index (χ2n) is 5.69. The molecule has 2 aromatic rings. The van der Waals surface area contributed by atoms with E-state index in [0.717, 1.165) is 11.8 Å². The molecule has 26 heavy (non-hydrogen) atoms. The zero-order chi connectivity index (χ0) is 18.9. The van der Waals surface area contributed by atoms with Crippen LogP contribution in [0, 0.1) is 5.92 Å². The zero-order valence-corrected chi connectivity index (χ0v) is 15.8. The lowest BCUT2D eigenvalue weighted by Crippen LogP contribution is -2.24. The predicted molar refractivity (Wildman–Crippen MR) is 104 cm³/mol. The van der Waals surface area contributed by atoms with Crippen LogP contribution in [-0.4, -0.2) is 22.4 Å². The van der Waals surface area contributed by atoms with Gasteiger partial charge in [-0.15, -0.1) is 0 Å². The van der Waals surface area contributed by atoms with Crippen molar-refractivity contribution in [3.8, 4) is 11.5 Å². The Bertz CT molecular complexity index is 753. The van der Waals surface area contributed by atoms with Crippen molar-refractivity contribution in [1.29, 1.82) is 0 Å². The molecule has 0 fully saturated rings. The maximum Gasteiger partial charge on any atom is 0.199 e. The number of carbonyl (C=O) groups excluding carboxylic acids is 3. The highest BCUT2D eigenvalue weighted by Gasteiger charge is 2.28. The van der Waals surface area contributed by atoms with Gasteiger partial charge >= 0.3 is 0 Å². The molecule has 0 aliphatic rings. The summed E-state index contributed by atoms with van der Waals surface area (Å²) in [5, 5.41) is -0.225. The molecule has 0 radical (unpaired) electrons. The average molecular weight is 370 g/mol. The van der Waals surface area contributed by atoms with Gasteiger partial charge < -0.3 is 4.74 Å². The van der Waals surface area contributed by atoms with Crippen LogP contribution in [0.15, 0.2) is 54.6 Å². The van der Waals surface area contributed by atoms with E-state index < -0.39 is 5.92 Å². The highest BCUT2D eigenvalue weighted by atomic mass is 32.2. The molecule has 0 heterocycles. The lowest BCUT2D eigenvalue weighted by Gasteiger charge is -2.12. The number of rotatable bonds is 9. The minimum absolute atomic E-state index is 0.0859. The molecule has 2 rings (SSSR count). The van der Waals surface area contributed by atoms with Gasteiger partial charge in [0, 0.05) is 18.4 Å². The number of Topliss-reactive ketones (excluding diaryl/α,β-unsaturated/α-hetero) is 2. The summed E-state index contributed by atoms with van der Waals surface area (Å²) in [4.78, 5) is 36.7. The molecule has 0 saturated heterocycles. The van der Waals surface area contributed by atoms with Gasteiger partial charge in [-0.3, -0.25) is 14.4 Å². The molecular weight excluding hydrogens is 348 g/mol. The molecule has 0 saturated carbocycles. The molecule has 0 N–H and O–H groups in total. The van der Waals surface area contributed by atoms with Crippen molar-refractivity contribution in [2.45, 2.75) is 26.7 Å². The average Bonchev–Trinajstić information content (AvgIpc) is 2.67. The Morgan fingerprint density at radius 1 is 0.923 bits per heavy atom. The summed E-state index contributed by atoms with van der Waals surface area (Å²) in [6.07, 6.45) is 0.162. The summed E-state index contributed by atoms with van der Waals surface area (Å²) in [5.41, 5.74) is 0.466. The maximum absolute atomic E-state index is 12.5. The van der Waals surface area contributed by atoms with Crippen LogP contribution in [-0.2, 0) is 9.59 Å². The normalized spacial score (nSPS) is 11.6. The number of hydrogen-bond donors (Lipinski definition) is 0. The topological polar surface area (TPSA) is 60.4 Å². The van der Waals surface area contributed by atoms with Crippen LogP contribution in [0.5, 0.6) is 11.5 Å². The second-order valence-corrected chi connectivity index (χ2v) is 6.96. The highest BCUT2D eigenvalue weighted by molar-refractivity contribution is 8.13. The van der Waals surface area contributed by atoms with Gasteiger partial charge in [0.2, 0.25) is 0 Å². The minimum atomic E-state index is -0.863. The Labute approximate surface area is 157 Å². The SMILES string of the molecule is CCSC(=O)C(CC(=O)c1ccc(Oc2ccccc2)cc1)C(=O)CC. The first-order valence-corrected chi connectivity index (χ1v) is 9.59. The van der Waals surface area contributed by atoms with Crippen LogP contribution in [0.3, 0.4) is 0 Å². The van der Waals surface area contributed by atoms with Crippen LogP contribution in [0.4, 0.5) is 0 Å². The molecular formula is C21H22O4S. The Morgan fingerprint density at radius 2 is 1.54 bits per heavy atom. The predicted octanol–water partition coefficient (Wildman–Crippen LogP) is 4.93. The fourth-order valence-electron chi connectivity index (χ4n) is 2.45. The Morgan fingerprint density at radius 3 is 2.12 bits per heavy atom. The molecule has 0 amide bonds. The lowest BCUT2D eigenvalue weighted by atomic mass is 9.94. The molecule has 2 aromatic carbocycles. The number of thioether (sulfide) groups is 1. The summed E-state index contributed by atoms with van der Waals surface area (Å²) in [6.45, 7) is 3.56. The van der Waals surface area contributed by atoms with Crippen LogP contribution < -0.4 is 4.74 Å². The number of ether oxygens (including phenoxy) is 1. The molecule has 5 heteroatoms. The molecule has 0 aliphatic heterocycles. The van der Waals surface area contributed by atoms with Gasteiger partial charge in [0.1, 0.15) is 17.3 Å². The fraction of sp³-hybridized carbons (Fsp3) is 0.286. The third kappa shape index (κ3) is 5.56. The second kappa shape index (κ2) is 9.92. The van der Waals surface area contributed by atoms with Crippen molar-refractivity contribution in [1.82, 2.24) is 0 Å². The fourth-order valence-corrected chi connectivity index (χ4v) is 3.16. The van der Waals surface area contributed by atoms with Crippen LogP contribution in [0.2, 0.25) is 0 Å². The van der Waals surface area contributed by atoms with E-state index in [-0.39, 0.29) is 29.5 Å². The van der Waals surface area contributed by atoms with Gasteiger partial charge in [-0.1, -0.05) is 43.8 Å². The molecule has 136 valence electrons. The number of hydrogen-bond acceptors (Lipinski definition) is 5. The van der Waals surface area contributed by atoms with E-state index in [0.29, 0.717) is 22.8 Å². The van der Waals surface area contributed by atoms with E-state index in [1.54, 1.807) is 31.2 Å². The van der Waals surface area contributed by atoms with Crippen LogP contribution in [0.25, 0.3) is 0 Å². The first-order chi connectivity index (χ1) is 12.5.